The zero-order valence-electron chi connectivity index (χ0n) is 16.4. The summed E-state index contributed by atoms with van der Waals surface area (Å²) in [5.74, 6) is 0.279. The fourth-order valence-electron chi connectivity index (χ4n) is 3.76. The van der Waals surface area contributed by atoms with E-state index in [4.69, 9.17) is 4.74 Å². The Kier molecular flexibility index (Phi) is 5.70. The third-order valence-corrected chi connectivity index (χ3v) is 5.28. The highest BCUT2D eigenvalue weighted by atomic mass is 16.5. The Labute approximate surface area is 165 Å². The molecule has 1 aliphatic rings. The number of nitrogens with one attached hydrogen (secondary N) is 1. The van der Waals surface area contributed by atoms with Gasteiger partial charge in [-0.15, -0.1) is 0 Å². The van der Waals surface area contributed by atoms with E-state index in [1.54, 1.807) is 43.2 Å². The van der Waals surface area contributed by atoms with E-state index in [-0.39, 0.29) is 11.8 Å². The van der Waals surface area contributed by atoms with Crippen molar-refractivity contribution >= 4 is 11.8 Å². The molecule has 2 amide bonds. The molecule has 6 nitrogen and oxygen atoms in total. The standard InChI is InChI=1S/C22H26N2O4/c1-15(25)23-20-19(16-7-5-4-6-8-16)24(14-13-22(20,2)27)21(26)17-9-11-18(28-3)12-10-17/h4-12,19-20,27H,13-14H2,1-3H3,(H,23,25)/t19-,20-,22+/m0/s1. The lowest BCUT2D eigenvalue weighted by atomic mass is 9.79. The fourth-order valence-corrected chi connectivity index (χ4v) is 3.76. The van der Waals surface area contributed by atoms with Crippen LogP contribution in [0.4, 0.5) is 0 Å². The van der Waals surface area contributed by atoms with Gasteiger partial charge in [0.2, 0.25) is 5.91 Å². The molecule has 1 aliphatic heterocycles. The molecule has 0 aromatic heterocycles. The minimum atomic E-state index is -1.14. The van der Waals surface area contributed by atoms with Gasteiger partial charge in [-0.1, -0.05) is 30.3 Å². The van der Waals surface area contributed by atoms with Crippen LogP contribution in [0.3, 0.4) is 0 Å². The number of carbonyl (C=O) groups excluding carboxylic acids is 2. The van der Waals surface area contributed by atoms with Gasteiger partial charge >= 0.3 is 0 Å². The minimum absolute atomic E-state index is 0.151. The highest BCUT2D eigenvalue weighted by molar-refractivity contribution is 5.95. The first-order chi connectivity index (χ1) is 13.3. The molecule has 3 rings (SSSR count). The third kappa shape index (κ3) is 4.02. The number of benzene rings is 2. The molecule has 1 saturated heterocycles. The van der Waals surface area contributed by atoms with Crippen molar-refractivity contribution in [3.63, 3.8) is 0 Å². The second kappa shape index (κ2) is 8.02. The number of rotatable bonds is 4. The first-order valence-corrected chi connectivity index (χ1v) is 9.33. The Morgan fingerprint density at radius 3 is 2.36 bits per heavy atom. The maximum absolute atomic E-state index is 13.3. The summed E-state index contributed by atoms with van der Waals surface area (Å²) in [5.41, 5.74) is 0.260. The first kappa shape index (κ1) is 19.9. The average Bonchev–Trinajstić information content (AvgIpc) is 2.69. The van der Waals surface area contributed by atoms with Gasteiger partial charge in [-0.25, -0.2) is 0 Å². The summed E-state index contributed by atoms with van der Waals surface area (Å²) in [4.78, 5) is 26.9. The monoisotopic (exact) mass is 382 g/mol. The zero-order chi connectivity index (χ0) is 20.3. The summed E-state index contributed by atoms with van der Waals surface area (Å²) < 4.78 is 5.17. The molecule has 28 heavy (non-hydrogen) atoms. The molecule has 1 fully saturated rings. The fraction of sp³-hybridized carbons (Fsp3) is 0.364. The van der Waals surface area contributed by atoms with Gasteiger partial charge in [0.05, 0.1) is 24.8 Å². The Morgan fingerprint density at radius 2 is 1.79 bits per heavy atom. The molecule has 0 radical (unpaired) electrons. The van der Waals surface area contributed by atoms with E-state index in [0.29, 0.717) is 24.3 Å². The number of amides is 2. The van der Waals surface area contributed by atoms with Gasteiger partial charge in [-0.3, -0.25) is 9.59 Å². The van der Waals surface area contributed by atoms with Crippen molar-refractivity contribution in [1.82, 2.24) is 10.2 Å². The summed E-state index contributed by atoms with van der Waals surface area (Å²) in [5, 5.41) is 13.9. The quantitative estimate of drug-likeness (QED) is 0.852. The van der Waals surface area contributed by atoms with Crippen LogP contribution in [0.25, 0.3) is 0 Å². The van der Waals surface area contributed by atoms with Gasteiger partial charge in [0.1, 0.15) is 5.75 Å². The summed E-state index contributed by atoms with van der Waals surface area (Å²) in [6, 6.07) is 15.3. The molecular formula is C22H26N2O4. The van der Waals surface area contributed by atoms with E-state index < -0.39 is 17.7 Å². The van der Waals surface area contributed by atoms with Crippen molar-refractivity contribution in [3.05, 3.63) is 65.7 Å². The Bertz CT molecular complexity index is 833. The molecule has 0 spiro atoms. The van der Waals surface area contributed by atoms with Crippen LogP contribution in [-0.2, 0) is 4.79 Å². The van der Waals surface area contributed by atoms with Crippen LogP contribution in [0.5, 0.6) is 5.75 Å². The van der Waals surface area contributed by atoms with Crippen LogP contribution in [0.1, 0.15) is 42.2 Å². The topological polar surface area (TPSA) is 78.9 Å². The van der Waals surface area contributed by atoms with Gasteiger partial charge in [0.25, 0.3) is 5.91 Å². The molecule has 2 aromatic rings. The third-order valence-electron chi connectivity index (χ3n) is 5.28. The average molecular weight is 382 g/mol. The van der Waals surface area contributed by atoms with E-state index in [0.717, 1.165) is 5.56 Å². The summed E-state index contributed by atoms with van der Waals surface area (Å²) in [6.07, 6.45) is 0.364. The molecular weight excluding hydrogens is 356 g/mol. The number of hydrogen-bond acceptors (Lipinski definition) is 4. The van der Waals surface area contributed by atoms with Crippen LogP contribution < -0.4 is 10.1 Å². The SMILES string of the molecule is COc1ccc(C(=O)N2CC[C@@](C)(O)[C@@H](NC(C)=O)[C@@H]2c2ccccc2)cc1. The van der Waals surface area contributed by atoms with Crippen LogP contribution in [0.2, 0.25) is 0 Å². The molecule has 1 heterocycles. The van der Waals surface area contributed by atoms with E-state index in [9.17, 15) is 14.7 Å². The van der Waals surface area contributed by atoms with Crippen molar-refractivity contribution in [3.8, 4) is 5.75 Å². The van der Waals surface area contributed by atoms with Crippen LogP contribution in [0, 0.1) is 0 Å². The number of nitrogens with zero attached hydrogens (tertiary/aromatic N) is 1. The van der Waals surface area contributed by atoms with E-state index in [1.165, 1.54) is 6.92 Å². The second-order valence-corrected chi connectivity index (χ2v) is 7.37. The molecule has 0 bridgehead atoms. The molecule has 2 aromatic carbocycles. The number of aliphatic hydroxyl groups is 1. The molecule has 0 saturated carbocycles. The summed E-state index contributed by atoms with van der Waals surface area (Å²) >= 11 is 0. The molecule has 3 atom stereocenters. The number of piperidine rings is 1. The molecule has 0 unspecified atom stereocenters. The van der Waals surface area contributed by atoms with Crippen molar-refractivity contribution in [2.45, 2.75) is 38.0 Å². The van der Waals surface area contributed by atoms with E-state index in [1.807, 2.05) is 30.3 Å². The maximum atomic E-state index is 13.3. The summed E-state index contributed by atoms with van der Waals surface area (Å²) in [7, 11) is 1.58. The lowest BCUT2D eigenvalue weighted by molar-refractivity contribution is -0.125. The van der Waals surface area contributed by atoms with Gasteiger partial charge in [-0.2, -0.15) is 0 Å². The predicted octanol–water partition coefficient (Wildman–Crippen LogP) is 2.54. The second-order valence-electron chi connectivity index (χ2n) is 7.37. The van der Waals surface area contributed by atoms with Gasteiger partial charge in [-0.05, 0) is 43.2 Å². The molecule has 6 heteroatoms. The van der Waals surface area contributed by atoms with Crippen molar-refractivity contribution in [2.75, 3.05) is 13.7 Å². The normalized spacial score (nSPS) is 24.5. The predicted molar refractivity (Wildman–Crippen MR) is 106 cm³/mol. The zero-order valence-corrected chi connectivity index (χ0v) is 16.4. The van der Waals surface area contributed by atoms with Gasteiger partial charge in [0.15, 0.2) is 0 Å². The maximum Gasteiger partial charge on any atom is 0.254 e. The molecule has 0 aliphatic carbocycles. The number of carbonyl (C=O) groups is 2. The Morgan fingerprint density at radius 1 is 1.14 bits per heavy atom. The largest absolute Gasteiger partial charge is 0.497 e. The number of hydrogen-bond donors (Lipinski definition) is 2. The van der Waals surface area contributed by atoms with Gasteiger partial charge < -0.3 is 20.1 Å². The first-order valence-electron chi connectivity index (χ1n) is 9.33. The number of methoxy groups -OCH3 is 1. The molecule has 2 N–H and O–H groups in total. The minimum Gasteiger partial charge on any atom is -0.497 e. The highest BCUT2D eigenvalue weighted by Crippen LogP contribution is 2.38. The van der Waals surface area contributed by atoms with Crippen LogP contribution >= 0.6 is 0 Å². The number of ether oxygens (including phenoxy) is 1. The van der Waals surface area contributed by atoms with Crippen LogP contribution in [-0.4, -0.2) is 47.1 Å². The van der Waals surface area contributed by atoms with Crippen LogP contribution in [0.15, 0.2) is 54.6 Å². The van der Waals surface area contributed by atoms with Gasteiger partial charge in [0, 0.05) is 19.0 Å². The van der Waals surface area contributed by atoms with E-state index >= 15 is 0 Å². The summed E-state index contributed by atoms with van der Waals surface area (Å²) in [6.45, 7) is 3.51. The lowest BCUT2D eigenvalue weighted by Gasteiger charge is -2.49. The lowest BCUT2D eigenvalue weighted by Crippen LogP contribution is -2.63. The number of likely N-dealkylation sites (tertiary alicyclic amines) is 1. The van der Waals surface area contributed by atoms with Crippen molar-refractivity contribution in [1.29, 1.82) is 0 Å². The smallest absolute Gasteiger partial charge is 0.254 e. The highest BCUT2D eigenvalue weighted by Gasteiger charge is 2.47. The van der Waals surface area contributed by atoms with Crippen molar-refractivity contribution < 1.29 is 19.4 Å². The Balaban J connectivity index is 2.02. The van der Waals surface area contributed by atoms with E-state index in [2.05, 4.69) is 5.32 Å². The Hall–Kier alpha value is -2.86. The van der Waals surface area contributed by atoms with Crippen molar-refractivity contribution in [2.24, 2.45) is 0 Å². The molecule has 148 valence electrons.